The number of nitrogens with one attached hydrogen (secondary N) is 2. The van der Waals surface area contributed by atoms with Crippen LogP contribution in [0.4, 0.5) is 10.5 Å². The van der Waals surface area contributed by atoms with Crippen LogP contribution >= 0.6 is 0 Å². The molecule has 2 amide bonds. The van der Waals surface area contributed by atoms with Crippen LogP contribution in [0.25, 0.3) is 0 Å². The molecule has 0 bridgehead atoms. The Morgan fingerprint density at radius 2 is 2.06 bits per heavy atom. The van der Waals surface area contributed by atoms with Crippen LogP contribution in [0, 0.1) is 6.92 Å². The quantitative estimate of drug-likeness (QED) is 0.727. The second kappa shape index (κ2) is 4.60. The van der Waals surface area contributed by atoms with E-state index >= 15 is 0 Å². The molecule has 1 heterocycles. The minimum atomic E-state index is -0.396. The van der Waals surface area contributed by atoms with Gasteiger partial charge in [-0.05, 0) is 12.1 Å². The second-order valence-corrected chi connectivity index (χ2v) is 3.48. The smallest absolute Gasteiger partial charge is 0.306 e. The number of urea groups is 1. The maximum Gasteiger partial charge on any atom is 0.353 e. The van der Waals surface area contributed by atoms with Crippen molar-refractivity contribution in [2.45, 2.75) is 6.92 Å². The first-order valence-corrected chi connectivity index (χ1v) is 5.08. The van der Waals surface area contributed by atoms with Crippen molar-refractivity contribution in [3.05, 3.63) is 36.2 Å². The molecule has 0 aliphatic heterocycles. The average Bonchev–Trinajstić information content (AvgIpc) is 2.59. The molecule has 0 unspecified atom stereocenters. The van der Waals surface area contributed by atoms with Gasteiger partial charge in [-0.1, -0.05) is 18.2 Å². The number of amides is 2. The summed E-state index contributed by atoms with van der Waals surface area (Å²) in [6.45, 7) is 1.79. The topological polar surface area (TPSA) is 75.7 Å². The third-order valence-electron chi connectivity index (χ3n) is 2.16. The Labute approximate surface area is 98.0 Å². The predicted molar refractivity (Wildman–Crippen MR) is 60.8 cm³/mol. The van der Waals surface area contributed by atoms with E-state index in [2.05, 4.69) is 21.1 Å². The molecule has 2 rings (SSSR count). The molecule has 0 saturated heterocycles. The van der Waals surface area contributed by atoms with Crippen LogP contribution in [0.1, 0.15) is 5.82 Å². The van der Waals surface area contributed by atoms with E-state index in [0.717, 1.165) is 4.91 Å². The van der Waals surface area contributed by atoms with Gasteiger partial charge >= 0.3 is 6.03 Å². The Kier molecular flexibility index (Phi) is 2.99. The maximum atomic E-state index is 11.6. The maximum absolute atomic E-state index is 11.6. The van der Waals surface area contributed by atoms with Crippen molar-refractivity contribution in [1.82, 2.24) is 15.2 Å². The highest BCUT2D eigenvalue weighted by Gasteiger charge is 2.13. The van der Waals surface area contributed by atoms with E-state index in [0.29, 0.717) is 11.5 Å². The zero-order chi connectivity index (χ0) is 12.3. The van der Waals surface area contributed by atoms with Gasteiger partial charge in [-0.3, -0.25) is 0 Å². The summed E-state index contributed by atoms with van der Waals surface area (Å²) in [5, 5.41) is 10.6. The fraction of sp³-hybridized carbons (Fsp3) is 0.200. The largest absolute Gasteiger partial charge is 0.353 e. The molecule has 1 aromatic carbocycles. The summed E-state index contributed by atoms with van der Waals surface area (Å²) in [7, 11) is 1.75. The summed E-state index contributed by atoms with van der Waals surface area (Å²) in [6.07, 6.45) is 0. The fourth-order valence-electron chi connectivity index (χ4n) is 1.23. The lowest BCUT2D eigenvalue weighted by molar-refractivity contribution is -0.738. The van der Waals surface area contributed by atoms with Crippen molar-refractivity contribution in [2.75, 3.05) is 10.7 Å². The first-order chi connectivity index (χ1) is 8.15. The second-order valence-electron chi connectivity index (χ2n) is 3.48. The Balaban J connectivity index is 1.98. The van der Waals surface area contributed by atoms with Crippen molar-refractivity contribution < 1.29 is 9.48 Å². The minimum absolute atomic E-state index is 0.396. The van der Waals surface area contributed by atoms with Crippen molar-refractivity contribution in [1.29, 1.82) is 0 Å². The van der Waals surface area contributed by atoms with Crippen LogP contribution in [0.3, 0.4) is 0 Å². The van der Waals surface area contributed by atoms with E-state index in [1.807, 2.05) is 18.2 Å². The number of carbonyl (C=O) groups excluding carboxylic acids is 1. The number of aromatic nitrogens is 4. The zero-order valence-electron chi connectivity index (χ0n) is 9.58. The van der Waals surface area contributed by atoms with Gasteiger partial charge in [0.1, 0.15) is 0 Å². The number of hydrogen-bond acceptors (Lipinski definition) is 3. The summed E-state index contributed by atoms with van der Waals surface area (Å²) < 4.78 is 1.56. The monoisotopic (exact) mass is 233 g/mol. The van der Waals surface area contributed by atoms with Gasteiger partial charge in [0.05, 0.1) is 22.3 Å². The highest BCUT2D eigenvalue weighted by atomic mass is 16.2. The fourth-order valence-corrected chi connectivity index (χ4v) is 1.23. The van der Waals surface area contributed by atoms with E-state index in [-0.39, 0.29) is 0 Å². The molecule has 2 N–H and O–H groups in total. The number of rotatable bonds is 2. The van der Waals surface area contributed by atoms with E-state index in [1.54, 1.807) is 30.8 Å². The molecule has 0 radical (unpaired) electrons. The van der Waals surface area contributed by atoms with Gasteiger partial charge in [0, 0.05) is 12.6 Å². The average molecular weight is 233 g/mol. The lowest BCUT2D eigenvalue weighted by Crippen LogP contribution is -2.36. The highest BCUT2D eigenvalue weighted by molar-refractivity contribution is 5.94. The van der Waals surface area contributed by atoms with E-state index in [1.165, 1.54) is 0 Å². The molecule has 0 fully saturated rings. The van der Waals surface area contributed by atoms with Gasteiger partial charge in [0.25, 0.3) is 5.82 Å². The molecule has 7 heteroatoms. The van der Waals surface area contributed by atoms with Crippen molar-refractivity contribution in [2.24, 2.45) is 7.05 Å². The lowest BCUT2D eigenvalue weighted by atomic mass is 10.3. The summed E-state index contributed by atoms with van der Waals surface area (Å²) >= 11 is 0. The molecule has 0 saturated carbocycles. The molecular formula is C10H13N6O+. The van der Waals surface area contributed by atoms with Gasteiger partial charge in [-0.25, -0.2) is 4.79 Å². The van der Waals surface area contributed by atoms with Gasteiger partial charge in [0.2, 0.25) is 0 Å². The van der Waals surface area contributed by atoms with Gasteiger partial charge in [-0.2, -0.15) is 0 Å². The normalized spacial score (nSPS) is 10.0. The Hall–Kier alpha value is -2.44. The molecule has 0 atom stereocenters. The van der Waals surface area contributed by atoms with Crippen LogP contribution in [-0.4, -0.2) is 21.2 Å². The number of carbonyl (C=O) groups is 1. The lowest BCUT2D eigenvalue weighted by Gasteiger charge is -2.01. The third kappa shape index (κ3) is 2.77. The molecule has 0 aliphatic carbocycles. The molecule has 0 spiro atoms. The number of para-hydroxylation sites is 1. The first kappa shape index (κ1) is 11.1. The Morgan fingerprint density at radius 1 is 1.35 bits per heavy atom. The number of nitrogens with zero attached hydrogens (tertiary/aromatic N) is 4. The van der Waals surface area contributed by atoms with Crippen LogP contribution in [0.15, 0.2) is 30.3 Å². The van der Waals surface area contributed by atoms with Crippen molar-refractivity contribution in [3.8, 4) is 0 Å². The third-order valence-corrected chi connectivity index (χ3v) is 2.16. The van der Waals surface area contributed by atoms with Gasteiger partial charge < -0.3 is 5.32 Å². The van der Waals surface area contributed by atoms with Crippen molar-refractivity contribution in [3.63, 3.8) is 0 Å². The molecule has 0 aliphatic rings. The SMILES string of the molecule is Cc1nn(NC(=O)Nc2ccccc2)n[n+]1C. The van der Waals surface area contributed by atoms with E-state index < -0.39 is 6.03 Å². The first-order valence-electron chi connectivity index (χ1n) is 5.08. The summed E-state index contributed by atoms with van der Waals surface area (Å²) in [5.74, 6) is 0.699. The number of benzene rings is 1. The zero-order valence-corrected chi connectivity index (χ0v) is 9.58. The molecule has 17 heavy (non-hydrogen) atoms. The van der Waals surface area contributed by atoms with Crippen LogP contribution in [0.2, 0.25) is 0 Å². The standard InChI is InChI=1S/C10H12N6O/c1-8-12-16(14-15(8)2)13-10(17)11-9-6-4-3-5-7-9/h3-7H,1-2H3,(H-,11,13,14,17)/p+1. The van der Waals surface area contributed by atoms with Gasteiger partial charge in [-0.15, -0.1) is 10.1 Å². The molecule has 2 aromatic rings. The van der Waals surface area contributed by atoms with E-state index in [4.69, 9.17) is 0 Å². The number of anilines is 1. The highest BCUT2D eigenvalue weighted by Crippen LogP contribution is 2.04. The van der Waals surface area contributed by atoms with E-state index in [9.17, 15) is 4.79 Å². The van der Waals surface area contributed by atoms with Crippen LogP contribution < -0.4 is 15.4 Å². The molecule has 88 valence electrons. The van der Waals surface area contributed by atoms with Crippen LogP contribution in [0.5, 0.6) is 0 Å². The number of tetrazole rings is 1. The Bertz CT molecular complexity index is 501. The Morgan fingerprint density at radius 3 is 2.65 bits per heavy atom. The van der Waals surface area contributed by atoms with Gasteiger partial charge in [0.15, 0.2) is 0 Å². The minimum Gasteiger partial charge on any atom is -0.306 e. The summed E-state index contributed by atoms with van der Waals surface area (Å²) in [6, 6.07) is 8.74. The molecular weight excluding hydrogens is 220 g/mol. The molecule has 7 nitrogen and oxygen atoms in total. The summed E-state index contributed by atoms with van der Waals surface area (Å²) in [5.41, 5.74) is 3.18. The summed E-state index contributed by atoms with van der Waals surface area (Å²) in [4.78, 5) is 12.7. The molecule has 1 aromatic heterocycles. The predicted octanol–water partition coefficient (Wildman–Crippen LogP) is 0.187. The number of hydrogen-bond donors (Lipinski definition) is 2. The van der Waals surface area contributed by atoms with Crippen LogP contribution in [-0.2, 0) is 7.05 Å². The number of aryl methyl sites for hydroxylation is 2. The van der Waals surface area contributed by atoms with Crippen molar-refractivity contribution >= 4 is 11.7 Å².